The van der Waals surface area contributed by atoms with Crippen LogP contribution in [-0.2, 0) is 0 Å². The summed E-state index contributed by atoms with van der Waals surface area (Å²) in [6.45, 7) is 3.19. The average Bonchev–Trinajstić information content (AvgIpc) is 2.45. The summed E-state index contributed by atoms with van der Waals surface area (Å²) in [5.74, 6) is -0.166. The van der Waals surface area contributed by atoms with E-state index in [1.54, 1.807) is 6.07 Å². The zero-order valence-electron chi connectivity index (χ0n) is 7.84. The number of aromatic amines is 2. The van der Waals surface area contributed by atoms with E-state index in [2.05, 4.69) is 15.0 Å². The van der Waals surface area contributed by atoms with Crippen molar-refractivity contribution in [3.63, 3.8) is 0 Å². The van der Waals surface area contributed by atoms with Gasteiger partial charge in [-0.1, -0.05) is 0 Å². The van der Waals surface area contributed by atoms with Crippen LogP contribution in [0.2, 0.25) is 0 Å². The van der Waals surface area contributed by atoms with Crippen molar-refractivity contribution in [2.75, 3.05) is 0 Å². The summed E-state index contributed by atoms with van der Waals surface area (Å²) in [5.41, 5.74) is 1.01. The number of Topliss-reactive ketones (excluding diaryl/α,β-unsaturated/α-hetero) is 1. The van der Waals surface area contributed by atoms with Crippen molar-refractivity contribution in [1.29, 1.82) is 0 Å². The Kier molecular flexibility index (Phi) is 1.73. The van der Waals surface area contributed by atoms with Crippen molar-refractivity contribution in [2.24, 2.45) is 0 Å². The lowest BCUT2D eigenvalue weighted by molar-refractivity contribution is 0.100. The van der Waals surface area contributed by atoms with E-state index in [9.17, 15) is 9.59 Å². The Morgan fingerprint density at radius 3 is 2.79 bits per heavy atom. The molecular formula is C9H9N3O2. The molecule has 0 amide bonds. The lowest BCUT2D eigenvalue weighted by Gasteiger charge is -1.93. The maximum absolute atomic E-state index is 11.4. The molecule has 14 heavy (non-hydrogen) atoms. The van der Waals surface area contributed by atoms with Crippen molar-refractivity contribution >= 4 is 16.8 Å². The van der Waals surface area contributed by atoms with E-state index in [0.29, 0.717) is 11.0 Å². The Morgan fingerprint density at radius 1 is 1.43 bits per heavy atom. The van der Waals surface area contributed by atoms with E-state index in [-0.39, 0.29) is 17.2 Å². The van der Waals surface area contributed by atoms with Gasteiger partial charge >= 0.3 is 0 Å². The largest absolute Gasteiger partial charge is 0.343 e. The number of carbonyl (C=O) groups is 1. The monoisotopic (exact) mass is 191 g/mol. The standard InChI is InChI=1S/C9H9N3O2/c1-4-3-6-8(10-4)11-7(5(2)13)12-9(6)14/h3H,1-2H3,(H2,10,11,12,14). The summed E-state index contributed by atoms with van der Waals surface area (Å²) in [4.78, 5) is 31.8. The third-order valence-electron chi connectivity index (χ3n) is 1.97. The van der Waals surface area contributed by atoms with Gasteiger partial charge in [0.05, 0.1) is 5.39 Å². The van der Waals surface area contributed by atoms with Crippen molar-refractivity contribution in [3.8, 4) is 0 Å². The molecule has 0 aliphatic carbocycles. The predicted molar refractivity (Wildman–Crippen MR) is 51.5 cm³/mol. The number of hydrogen-bond acceptors (Lipinski definition) is 3. The number of ketones is 1. The second-order valence-electron chi connectivity index (χ2n) is 3.19. The molecule has 0 atom stereocenters. The van der Waals surface area contributed by atoms with Gasteiger partial charge in [0.2, 0.25) is 0 Å². The molecular weight excluding hydrogens is 182 g/mol. The minimum Gasteiger partial charge on any atom is -0.343 e. The second-order valence-corrected chi connectivity index (χ2v) is 3.19. The molecule has 0 radical (unpaired) electrons. The van der Waals surface area contributed by atoms with Crippen LogP contribution in [0.15, 0.2) is 10.9 Å². The van der Waals surface area contributed by atoms with Gasteiger partial charge in [-0.3, -0.25) is 9.59 Å². The highest BCUT2D eigenvalue weighted by Gasteiger charge is 2.08. The van der Waals surface area contributed by atoms with E-state index in [1.807, 2.05) is 6.92 Å². The molecule has 2 N–H and O–H groups in total. The number of aromatic nitrogens is 3. The molecule has 0 bridgehead atoms. The summed E-state index contributed by atoms with van der Waals surface area (Å²) in [7, 11) is 0. The first-order chi connectivity index (χ1) is 6.58. The highest BCUT2D eigenvalue weighted by Crippen LogP contribution is 2.07. The van der Waals surface area contributed by atoms with Gasteiger partial charge in [-0.25, -0.2) is 4.98 Å². The van der Waals surface area contributed by atoms with Crippen LogP contribution in [0.4, 0.5) is 0 Å². The fraction of sp³-hybridized carbons (Fsp3) is 0.222. The quantitative estimate of drug-likeness (QED) is 0.653. The topological polar surface area (TPSA) is 78.6 Å². The number of rotatable bonds is 1. The SMILES string of the molecule is CC(=O)c1nc2[nH]c(C)cc2c(=O)[nH]1. The minimum atomic E-state index is -0.287. The lowest BCUT2D eigenvalue weighted by atomic mass is 10.3. The molecule has 0 unspecified atom stereocenters. The minimum absolute atomic E-state index is 0.0874. The number of fused-ring (bicyclic) bond motifs is 1. The summed E-state index contributed by atoms with van der Waals surface area (Å²) in [6.07, 6.45) is 0. The maximum atomic E-state index is 11.4. The average molecular weight is 191 g/mol. The van der Waals surface area contributed by atoms with Crippen molar-refractivity contribution in [1.82, 2.24) is 15.0 Å². The Bertz CT molecular complexity index is 565. The Labute approximate surface area is 79.2 Å². The number of carbonyl (C=O) groups excluding carboxylic acids is 1. The molecule has 5 nitrogen and oxygen atoms in total. The molecule has 0 saturated heterocycles. The smallest absolute Gasteiger partial charge is 0.260 e. The molecule has 2 heterocycles. The fourth-order valence-corrected chi connectivity index (χ4v) is 1.32. The normalized spacial score (nSPS) is 10.7. The molecule has 0 aliphatic heterocycles. The van der Waals surface area contributed by atoms with E-state index < -0.39 is 0 Å². The lowest BCUT2D eigenvalue weighted by Crippen LogP contribution is -2.13. The van der Waals surface area contributed by atoms with Crippen molar-refractivity contribution in [2.45, 2.75) is 13.8 Å². The van der Waals surface area contributed by atoms with Gasteiger partial charge in [0.25, 0.3) is 5.56 Å². The zero-order valence-corrected chi connectivity index (χ0v) is 7.84. The van der Waals surface area contributed by atoms with Crippen molar-refractivity contribution < 1.29 is 4.79 Å². The van der Waals surface area contributed by atoms with Gasteiger partial charge < -0.3 is 9.97 Å². The Morgan fingerprint density at radius 2 is 2.14 bits per heavy atom. The molecule has 2 aromatic heterocycles. The van der Waals surface area contributed by atoms with Crippen LogP contribution in [0.5, 0.6) is 0 Å². The van der Waals surface area contributed by atoms with Crippen LogP contribution in [0.3, 0.4) is 0 Å². The number of nitrogens with one attached hydrogen (secondary N) is 2. The molecule has 0 fully saturated rings. The predicted octanol–water partition coefficient (Wildman–Crippen LogP) is 0.762. The maximum Gasteiger partial charge on any atom is 0.260 e. The van der Waals surface area contributed by atoms with Gasteiger partial charge in [0.1, 0.15) is 5.65 Å². The third kappa shape index (κ3) is 1.22. The third-order valence-corrected chi connectivity index (χ3v) is 1.97. The first-order valence-electron chi connectivity index (χ1n) is 4.18. The second kappa shape index (κ2) is 2.80. The first-order valence-corrected chi connectivity index (χ1v) is 4.18. The Hall–Kier alpha value is -1.91. The first kappa shape index (κ1) is 8.68. The summed E-state index contributed by atoms with van der Waals surface area (Å²) < 4.78 is 0. The molecule has 0 aromatic carbocycles. The van der Waals surface area contributed by atoms with Gasteiger partial charge in [-0.2, -0.15) is 0 Å². The molecule has 0 spiro atoms. The van der Waals surface area contributed by atoms with Gasteiger partial charge in [0, 0.05) is 12.6 Å². The van der Waals surface area contributed by atoms with Crippen LogP contribution in [0, 0.1) is 6.92 Å². The van der Waals surface area contributed by atoms with Crippen LogP contribution in [-0.4, -0.2) is 20.7 Å². The van der Waals surface area contributed by atoms with Gasteiger partial charge in [0.15, 0.2) is 11.6 Å². The number of H-pyrrole nitrogens is 2. The molecule has 0 aliphatic rings. The zero-order chi connectivity index (χ0) is 10.3. The number of hydrogen-bond donors (Lipinski definition) is 2. The van der Waals surface area contributed by atoms with Crippen LogP contribution in [0.1, 0.15) is 23.2 Å². The van der Waals surface area contributed by atoms with E-state index in [4.69, 9.17) is 0 Å². The molecule has 2 rings (SSSR count). The van der Waals surface area contributed by atoms with Gasteiger partial charge in [-0.15, -0.1) is 0 Å². The molecule has 72 valence electrons. The highest BCUT2D eigenvalue weighted by molar-refractivity contribution is 5.92. The summed E-state index contributed by atoms with van der Waals surface area (Å²) in [6, 6.07) is 1.70. The molecule has 0 saturated carbocycles. The van der Waals surface area contributed by atoms with E-state index in [0.717, 1.165) is 5.69 Å². The Balaban J connectivity index is 2.84. The summed E-state index contributed by atoms with van der Waals surface area (Å²) in [5, 5.41) is 0.479. The number of aryl methyl sites for hydroxylation is 1. The van der Waals surface area contributed by atoms with Crippen LogP contribution < -0.4 is 5.56 Å². The van der Waals surface area contributed by atoms with Crippen LogP contribution in [0.25, 0.3) is 11.0 Å². The molecule has 2 aromatic rings. The van der Waals surface area contributed by atoms with Crippen molar-refractivity contribution in [3.05, 3.63) is 27.9 Å². The summed E-state index contributed by atoms with van der Waals surface area (Å²) >= 11 is 0. The van der Waals surface area contributed by atoms with Gasteiger partial charge in [-0.05, 0) is 13.0 Å². The fourth-order valence-electron chi connectivity index (χ4n) is 1.32. The van der Waals surface area contributed by atoms with E-state index >= 15 is 0 Å². The molecule has 5 heteroatoms. The number of nitrogens with zero attached hydrogens (tertiary/aromatic N) is 1. The highest BCUT2D eigenvalue weighted by atomic mass is 16.1. The van der Waals surface area contributed by atoms with E-state index in [1.165, 1.54) is 6.92 Å². The van der Waals surface area contributed by atoms with Crippen LogP contribution >= 0.6 is 0 Å².